The van der Waals surface area contributed by atoms with Crippen molar-refractivity contribution in [1.29, 1.82) is 0 Å². The Kier molecular flexibility index (Phi) is 3.48. The highest BCUT2D eigenvalue weighted by molar-refractivity contribution is 6.32. The molecule has 102 valence electrons. The van der Waals surface area contributed by atoms with Gasteiger partial charge in [0.05, 0.1) is 0 Å². The summed E-state index contributed by atoms with van der Waals surface area (Å²) in [6.45, 7) is 0.203. The van der Waals surface area contributed by atoms with Crippen LogP contribution in [0, 0.1) is 0 Å². The zero-order valence-corrected chi connectivity index (χ0v) is 11.3. The first-order valence-electron chi connectivity index (χ1n) is 6.13. The first-order chi connectivity index (χ1) is 9.74. The number of carbonyl (C=O) groups excluding carboxylic acids is 1. The van der Waals surface area contributed by atoms with Crippen LogP contribution >= 0.6 is 11.6 Å². The third kappa shape index (κ3) is 2.56. The number of benzene rings is 2. The summed E-state index contributed by atoms with van der Waals surface area (Å²) in [5, 5.41) is 2.03. The van der Waals surface area contributed by atoms with Crippen LogP contribution < -0.4 is 14.8 Å². The molecule has 0 saturated heterocycles. The van der Waals surface area contributed by atoms with Crippen molar-refractivity contribution in [2.24, 2.45) is 0 Å². The highest BCUT2D eigenvalue weighted by Gasteiger charge is 2.19. The number of halogens is 1. The van der Waals surface area contributed by atoms with Crippen LogP contribution in [0.1, 0.15) is 10.9 Å². The number of anilines is 1. The normalized spacial score (nSPS) is 13.8. The second-order valence-electron chi connectivity index (χ2n) is 4.33. The van der Waals surface area contributed by atoms with E-state index < -0.39 is 5.38 Å². The average Bonchev–Trinajstić information content (AvgIpc) is 2.95. The Morgan fingerprint density at radius 1 is 1.10 bits per heavy atom. The summed E-state index contributed by atoms with van der Waals surface area (Å²) in [5.74, 6) is 1.01. The molecular formula is C15H12ClNO3. The van der Waals surface area contributed by atoms with E-state index in [1.54, 1.807) is 18.2 Å². The molecule has 0 aromatic heterocycles. The molecule has 1 N–H and O–H groups in total. The van der Waals surface area contributed by atoms with Crippen LogP contribution in [-0.2, 0) is 4.79 Å². The fourth-order valence-corrected chi connectivity index (χ4v) is 2.15. The monoisotopic (exact) mass is 289 g/mol. The van der Waals surface area contributed by atoms with Gasteiger partial charge in [0.1, 0.15) is 5.38 Å². The van der Waals surface area contributed by atoms with Crippen molar-refractivity contribution in [1.82, 2.24) is 0 Å². The van der Waals surface area contributed by atoms with Gasteiger partial charge in [-0.1, -0.05) is 30.3 Å². The Morgan fingerprint density at radius 3 is 2.65 bits per heavy atom. The Labute approximate surface area is 121 Å². The number of nitrogens with one attached hydrogen (secondary N) is 1. The number of hydrogen-bond donors (Lipinski definition) is 1. The number of alkyl halides is 1. The van der Waals surface area contributed by atoms with Gasteiger partial charge >= 0.3 is 0 Å². The number of ether oxygens (including phenoxy) is 2. The summed E-state index contributed by atoms with van der Waals surface area (Å²) in [6.07, 6.45) is 0. The van der Waals surface area contributed by atoms with Crippen molar-refractivity contribution in [3.8, 4) is 11.5 Å². The maximum absolute atomic E-state index is 12.1. The molecule has 2 aromatic rings. The molecule has 3 rings (SSSR count). The summed E-state index contributed by atoms with van der Waals surface area (Å²) in [6, 6.07) is 14.4. The third-order valence-electron chi connectivity index (χ3n) is 2.96. The van der Waals surface area contributed by atoms with Crippen LogP contribution in [0.3, 0.4) is 0 Å². The summed E-state index contributed by atoms with van der Waals surface area (Å²) in [7, 11) is 0. The molecule has 1 aliphatic heterocycles. The van der Waals surface area contributed by atoms with Gasteiger partial charge in [0.2, 0.25) is 12.7 Å². The van der Waals surface area contributed by atoms with Crippen molar-refractivity contribution in [2.45, 2.75) is 5.38 Å². The second kappa shape index (κ2) is 5.43. The van der Waals surface area contributed by atoms with Gasteiger partial charge in [-0.2, -0.15) is 0 Å². The van der Waals surface area contributed by atoms with E-state index >= 15 is 0 Å². The van der Waals surface area contributed by atoms with Gasteiger partial charge in [-0.05, 0) is 17.7 Å². The summed E-state index contributed by atoms with van der Waals surface area (Å²) < 4.78 is 10.5. The summed E-state index contributed by atoms with van der Waals surface area (Å²) in [5.41, 5.74) is 1.38. The minimum atomic E-state index is -0.735. The molecule has 0 radical (unpaired) electrons. The first kappa shape index (κ1) is 12.8. The van der Waals surface area contributed by atoms with E-state index in [2.05, 4.69) is 5.32 Å². The van der Waals surface area contributed by atoms with Gasteiger partial charge in [-0.25, -0.2) is 0 Å². The number of rotatable bonds is 3. The van der Waals surface area contributed by atoms with Crippen molar-refractivity contribution >= 4 is 23.2 Å². The Bertz CT molecular complexity index is 630. The number of carbonyl (C=O) groups is 1. The second-order valence-corrected chi connectivity index (χ2v) is 4.77. The number of fused-ring (bicyclic) bond motifs is 1. The lowest BCUT2D eigenvalue weighted by molar-refractivity contribution is -0.116. The Morgan fingerprint density at radius 2 is 1.85 bits per heavy atom. The zero-order chi connectivity index (χ0) is 13.9. The van der Waals surface area contributed by atoms with E-state index in [1.165, 1.54) is 0 Å². The largest absolute Gasteiger partial charge is 0.454 e. The molecule has 1 atom stereocenters. The zero-order valence-electron chi connectivity index (χ0n) is 10.5. The molecule has 1 amide bonds. The minimum Gasteiger partial charge on any atom is -0.454 e. The van der Waals surface area contributed by atoms with E-state index in [4.69, 9.17) is 21.1 Å². The van der Waals surface area contributed by atoms with Gasteiger partial charge < -0.3 is 14.8 Å². The lowest BCUT2D eigenvalue weighted by Crippen LogP contribution is -2.17. The first-order valence-corrected chi connectivity index (χ1v) is 6.57. The molecule has 1 heterocycles. The number of hydrogen-bond acceptors (Lipinski definition) is 3. The quantitative estimate of drug-likeness (QED) is 0.882. The standard InChI is InChI=1S/C15H12ClNO3/c16-14(10-4-2-1-3-5-10)15(18)17-11-6-7-12-13(8-11)20-9-19-12/h1-8,14H,9H2,(H,17,18)/t14-/m1/s1. The fraction of sp³-hybridized carbons (Fsp3) is 0.133. The Hall–Kier alpha value is -2.20. The topological polar surface area (TPSA) is 47.6 Å². The van der Waals surface area contributed by atoms with Crippen LogP contribution in [0.2, 0.25) is 0 Å². The highest BCUT2D eigenvalue weighted by atomic mass is 35.5. The minimum absolute atomic E-state index is 0.203. The maximum atomic E-state index is 12.1. The van der Waals surface area contributed by atoms with Gasteiger partial charge in [0, 0.05) is 11.8 Å². The predicted molar refractivity (Wildman–Crippen MR) is 76.2 cm³/mol. The predicted octanol–water partition coefficient (Wildman–Crippen LogP) is 3.33. The van der Waals surface area contributed by atoms with Crippen LogP contribution in [0.25, 0.3) is 0 Å². The molecule has 0 aliphatic carbocycles. The van der Waals surface area contributed by atoms with Crippen LogP contribution in [0.4, 0.5) is 5.69 Å². The van der Waals surface area contributed by atoms with Gasteiger partial charge in [-0.3, -0.25) is 4.79 Å². The summed E-state index contributed by atoms with van der Waals surface area (Å²) >= 11 is 6.16. The van der Waals surface area contributed by atoms with E-state index in [9.17, 15) is 4.79 Å². The molecule has 0 bridgehead atoms. The van der Waals surface area contributed by atoms with Crippen LogP contribution in [0.15, 0.2) is 48.5 Å². The fourth-order valence-electron chi connectivity index (χ4n) is 1.95. The van der Waals surface area contributed by atoms with Gasteiger partial charge in [0.25, 0.3) is 0 Å². The van der Waals surface area contributed by atoms with E-state index in [0.717, 1.165) is 5.56 Å². The van der Waals surface area contributed by atoms with Crippen molar-refractivity contribution in [3.05, 3.63) is 54.1 Å². The molecule has 2 aromatic carbocycles. The molecule has 0 saturated carbocycles. The smallest absolute Gasteiger partial charge is 0.246 e. The molecule has 4 nitrogen and oxygen atoms in total. The SMILES string of the molecule is O=C(Nc1ccc2c(c1)OCO2)[C@H](Cl)c1ccccc1. The molecule has 0 unspecified atom stereocenters. The van der Waals surface area contributed by atoms with Crippen LogP contribution in [0.5, 0.6) is 11.5 Å². The number of amides is 1. The lowest BCUT2D eigenvalue weighted by atomic mass is 10.1. The molecule has 20 heavy (non-hydrogen) atoms. The maximum Gasteiger partial charge on any atom is 0.246 e. The molecule has 0 fully saturated rings. The van der Waals surface area contributed by atoms with Crippen LogP contribution in [-0.4, -0.2) is 12.7 Å². The highest BCUT2D eigenvalue weighted by Crippen LogP contribution is 2.34. The van der Waals surface area contributed by atoms with Crippen molar-refractivity contribution in [3.63, 3.8) is 0 Å². The van der Waals surface area contributed by atoms with E-state index in [1.807, 2.05) is 30.3 Å². The van der Waals surface area contributed by atoms with E-state index in [0.29, 0.717) is 17.2 Å². The van der Waals surface area contributed by atoms with Crippen molar-refractivity contribution < 1.29 is 14.3 Å². The molecule has 0 spiro atoms. The summed E-state index contributed by atoms with van der Waals surface area (Å²) in [4.78, 5) is 12.1. The van der Waals surface area contributed by atoms with Gasteiger partial charge in [0.15, 0.2) is 11.5 Å². The lowest BCUT2D eigenvalue weighted by Gasteiger charge is -2.11. The molecule has 5 heteroatoms. The third-order valence-corrected chi connectivity index (χ3v) is 3.41. The van der Waals surface area contributed by atoms with Crippen molar-refractivity contribution in [2.75, 3.05) is 12.1 Å². The Balaban J connectivity index is 1.73. The van der Waals surface area contributed by atoms with E-state index in [-0.39, 0.29) is 12.7 Å². The average molecular weight is 290 g/mol. The molecular weight excluding hydrogens is 278 g/mol. The molecule has 1 aliphatic rings. The van der Waals surface area contributed by atoms with Gasteiger partial charge in [-0.15, -0.1) is 11.6 Å².